The van der Waals surface area contributed by atoms with Crippen molar-refractivity contribution in [2.75, 3.05) is 18.5 Å². The lowest BCUT2D eigenvalue weighted by molar-refractivity contribution is -0.126. The Hall–Kier alpha value is -2.07. The Kier molecular flexibility index (Phi) is 5.24. The third kappa shape index (κ3) is 4.18. The lowest BCUT2D eigenvalue weighted by atomic mass is 9.77. The van der Waals surface area contributed by atoms with E-state index in [4.69, 9.17) is 9.26 Å². The molecule has 10 heteroatoms. The molecule has 0 saturated carbocycles. The van der Waals surface area contributed by atoms with E-state index in [1.165, 1.54) is 18.3 Å². The number of amides is 1. The Bertz CT molecular complexity index is 771. The Morgan fingerprint density at radius 3 is 2.58 bits per heavy atom. The molecular formula is C16H16F3N3O3S. The van der Waals surface area contributed by atoms with Crippen molar-refractivity contribution in [3.63, 3.8) is 0 Å². The van der Waals surface area contributed by atoms with Gasteiger partial charge in [0.2, 0.25) is 5.91 Å². The van der Waals surface area contributed by atoms with Crippen LogP contribution in [0.15, 0.2) is 33.9 Å². The maximum absolute atomic E-state index is 12.9. The molecule has 0 bridgehead atoms. The highest BCUT2D eigenvalue weighted by atomic mass is 32.2. The first-order chi connectivity index (χ1) is 12.3. The van der Waals surface area contributed by atoms with E-state index in [9.17, 15) is 18.0 Å². The number of nitrogens with zero attached hydrogens (tertiary/aromatic N) is 2. The van der Waals surface area contributed by atoms with E-state index in [1.54, 1.807) is 13.0 Å². The van der Waals surface area contributed by atoms with Crippen LogP contribution in [0.5, 0.6) is 0 Å². The van der Waals surface area contributed by atoms with Crippen molar-refractivity contribution in [1.82, 2.24) is 10.1 Å². The Labute approximate surface area is 151 Å². The summed E-state index contributed by atoms with van der Waals surface area (Å²) in [4.78, 5) is 16.7. The fourth-order valence-corrected chi connectivity index (χ4v) is 3.26. The quantitative estimate of drug-likeness (QED) is 0.807. The Morgan fingerprint density at radius 2 is 2.04 bits per heavy atom. The van der Waals surface area contributed by atoms with Gasteiger partial charge in [0.1, 0.15) is 10.4 Å². The molecule has 3 heterocycles. The van der Waals surface area contributed by atoms with Crippen LogP contribution in [0.3, 0.4) is 0 Å². The number of halogens is 3. The molecular weight excluding hydrogens is 371 g/mol. The minimum absolute atomic E-state index is 0.192. The van der Waals surface area contributed by atoms with Crippen LogP contribution < -0.4 is 5.32 Å². The van der Waals surface area contributed by atoms with Crippen LogP contribution >= 0.6 is 11.8 Å². The molecule has 1 aliphatic rings. The minimum atomic E-state index is -4.41. The highest BCUT2D eigenvalue weighted by molar-refractivity contribution is 8.00. The highest BCUT2D eigenvalue weighted by Crippen LogP contribution is 2.38. The lowest BCUT2D eigenvalue weighted by Gasteiger charge is -2.33. The smallest absolute Gasteiger partial charge is 0.381 e. The highest BCUT2D eigenvalue weighted by Gasteiger charge is 2.45. The van der Waals surface area contributed by atoms with Crippen molar-refractivity contribution in [2.24, 2.45) is 0 Å². The molecule has 0 aliphatic carbocycles. The third-order valence-corrected chi connectivity index (χ3v) is 4.78. The maximum Gasteiger partial charge on any atom is 0.447 e. The van der Waals surface area contributed by atoms with Crippen molar-refractivity contribution in [3.05, 3.63) is 35.9 Å². The molecule has 0 aromatic carbocycles. The molecule has 0 unspecified atom stereocenters. The standard InChI is InChI=1S/C16H16F3N3O3S/c1-10-8-12(25-22-10)15(4-6-24-7-5-15)14(23)21-11-2-3-13(20-9-11)26-16(17,18)19/h2-3,8-9H,4-7H2,1H3,(H,21,23). The second kappa shape index (κ2) is 7.28. The summed E-state index contributed by atoms with van der Waals surface area (Å²) in [5, 5.41) is 6.38. The second-order valence-corrected chi connectivity index (χ2v) is 7.00. The van der Waals surface area contributed by atoms with Gasteiger partial charge in [0.15, 0.2) is 5.76 Å². The molecule has 1 N–H and O–H groups in total. The molecule has 0 atom stereocenters. The van der Waals surface area contributed by atoms with Gasteiger partial charge in [0.25, 0.3) is 0 Å². The first-order valence-corrected chi connectivity index (χ1v) is 8.65. The number of nitrogens with one attached hydrogen (secondary N) is 1. The summed E-state index contributed by atoms with van der Waals surface area (Å²) in [6.07, 6.45) is 2.04. The SMILES string of the molecule is Cc1cc(C2(C(=O)Nc3ccc(SC(F)(F)F)nc3)CCOCC2)on1. The fourth-order valence-electron chi connectivity index (χ4n) is 2.78. The number of anilines is 1. The molecule has 26 heavy (non-hydrogen) atoms. The number of alkyl halides is 3. The van der Waals surface area contributed by atoms with E-state index in [2.05, 4.69) is 15.5 Å². The van der Waals surface area contributed by atoms with Crippen LogP contribution in [-0.4, -0.2) is 34.8 Å². The number of rotatable bonds is 4. The molecule has 1 amide bonds. The van der Waals surface area contributed by atoms with Crippen LogP contribution in [-0.2, 0) is 14.9 Å². The largest absolute Gasteiger partial charge is 0.447 e. The minimum Gasteiger partial charge on any atom is -0.381 e. The number of carbonyl (C=O) groups is 1. The molecule has 0 spiro atoms. The van der Waals surface area contributed by atoms with Gasteiger partial charge in [0.05, 0.1) is 17.6 Å². The van der Waals surface area contributed by atoms with Gasteiger partial charge in [-0.1, -0.05) is 5.16 Å². The normalized spacial score (nSPS) is 17.1. The number of ether oxygens (including phenoxy) is 1. The van der Waals surface area contributed by atoms with Gasteiger partial charge in [-0.15, -0.1) is 0 Å². The number of aryl methyl sites for hydroxylation is 1. The van der Waals surface area contributed by atoms with E-state index >= 15 is 0 Å². The molecule has 3 rings (SSSR count). The van der Waals surface area contributed by atoms with Crippen LogP contribution in [0.25, 0.3) is 0 Å². The molecule has 1 fully saturated rings. The average Bonchev–Trinajstić information content (AvgIpc) is 3.03. The van der Waals surface area contributed by atoms with Gasteiger partial charge in [-0.25, -0.2) is 4.98 Å². The summed E-state index contributed by atoms with van der Waals surface area (Å²) < 4.78 is 47.8. The van der Waals surface area contributed by atoms with Crippen molar-refractivity contribution in [3.8, 4) is 0 Å². The van der Waals surface area contributed by atoms with E-state index in [1.807, 2.05) is 0 Å². The number of carbonyl (C=O) groups excluding carboxylic acids is 1. The van der Waals surface area contributed by atoms with E-state index in [-0.39, 0.29) is 22.7 Å². The number of hydrogen-bond donors (Lipinski definition) is 1. The summed E-state index contributed by atoms with van der Waals surface area (Å²) in [5.41, 5.74) is -4.37. The summed E-state index contributed by atoms with van der Waals surface area (Å²) in [6, 6.07) is 4.31. The second-order valence-electron chi connectivity index (χ2n) is 5.91. The third-order valence-electron chi connectivity index (χ3n) is 4.10. The predicted octanol–water partition coefficient (Wildman–Crippen LogP) is 3.68. The van der Waals surface area contributed by atoms with Gasteiger partial charge in [-0.05, 0) is 31.9 Å². The number of hydrogen-bond acceptors (Lipinski definition) is 6. The van der Waals surface area contributed by atoms with Crippen LogP contribution in [0, 0.1) is 6.92 Å². The molecule has 2 aromatic heterocycles. The monoisotopic (exact) mass is 387 g/mol. The zero-order valence-corrected chi connectivity index (χ0v) is 14.6. The summed E-state index contributed by atoms with van der Waals surface area (Å²) in [5.74, 6) is 0.128. The van der Waals surface area contributed by atoms with Crippen molar-refractivity contribution >= 4 is 23.4 Å². The summed E-state index contributed by atoms with van der Waals surface area (Å²) in [6.45, 7) is 2.55. The van der Waals surface area contributed by atoms with Gasteiger partial charge in [0, 0.05) is 31.0 Å². The predicted molar refractivity (Wildman–Crippen MR) is 87.7 cm³/mol. The zero-order chi connectivity index (χ0) is 18.8. The molecule has 1 saturated heterocycles. The average molecular weight is 387 g/mol. The van der Waals surface area contributed by atoms with Crippen LogP contribution in [0.4, 0.5) is 18.9 Å². The van der Waals surface area contributed by atoms with Gasteiger partial charge in [-0.3, -0.25) is 4.79 Å². The van der Waals surface area contributed by atoms with Crippen molar-refractivity contribution < 1.29 is 27.2 Å². The lowest BCUT2D eigenvalue weighted by Crippen LogP contribution is -2.44. The van der Waals surface area contributed by atoms with E-state index in [0.717, 1.165) is 0 Å². The van der Waals surface area contributed by atoms with E-state index < -0.39 is 10.9 Å². The Balaban J connectivity index is 1.78. The van der Waals surface area contributed by atoms with Crippen LogP contribution in [0.2, 0.25) is 0 Å². The Morgan fingerprint density at radius 1 is 1.31 bits per heavy atom. The summed E-state index contributed by atoms with van der Waals surface area (Å²) >= 11 is -0.308. The molecule has 1 aliphatic heterocycles. The number of pyridine rings is 1. The number of thioether (sulfide) groups is 1. The van der Waals surface area contributed by atoms with Gasteiger partial charge >= 0.3 is 5.51 Å². The first kappa shape index (κ1) is 18.7. The number of aromatic nitrogens is 2. The van der Waals surface area contributed by atoms with Crippen molar-refractivity contribution in [2.45, 2.75) is 35.7 Å². The van der Waals surface area contributed by atoms with Gasteiger partial charge in [-0.2, -0.15) is 13.2 Å². The maximum atomic E-state index is 12.9. The zero-order valence-electron chi connectivity index (χ0n) is 13.8. The molecule has 140 valence electrons. The first-order valence-electron chi connectivity index (χ1n) is 7.83. The molecule has 6 nitrogen and oxygen atoms in total. The van der Waals surface area contributed by atoms with Gasteiger partial charge < -0.3 is 14.6 Å². The van der Waals surface area contributed by atoms with E-state index in [0.29, 0.717) is 43.2 Å². The summed E-state index contributed by atoms with van der Waals surface area (Å²) in [7, 11) is 0. The fraction of sp³-hybridized carbons (Fsp3) is 0.438. The van der Waals surface area contributed by atoms with Crippen molar-refractivity contribution in [1.29, 1.82) is 0 Å². The molecule has 2 aromatic rings. The topological polar surface area (TPSA) is 77.2 Å². The van der Waals surface area contributed by atoms with Crippen LogP contribution in [0.1, 0.15) is 24.3 Å². The molecule has 0 radical (unpaired) electrons.